The van der Waals surface area contributed by atoms with Crippen LogP contribution < -0.4 is 4.90 Å². The van der Waals surface area contributed by atoms with E-state index in [9.17, 15) is 0 Å². The first kappa shape index (κ1) is 6.88. The van der Waals surface area contributed by atoms with Crippen LogP contribution in [0.25, 0.3) is 10.8 Å². The lowest BCUT2D eigenvalue weighted by atomic mass is 10.0. The highest BCUT2D eigenvalue weighted by Crippen LogP contribution is 2.45. The average molecular weight is 181 g/mol. The molecule has 2 aromatic rings. The van der Waals surface area contributed by atoms with Crippen molar-refractivity contribution in [3.8, 4) is 0 Å². The molecule has 0 spiro atoms. The van der Waals surface area contributed by atoms with Gasteiger partial charge in [0.15, 0.2) is 0 Å². The first-order chi connectivity index (χ1) is 6.93. The maximum absolute atomic E-state index is 2.53. The molecule has 0 aromatic heterocycles. The van der Waals surface area contributed by atoms with Crippen LogP contribution in [0.5, 0.6) is 0 Å². The minimum Gasteiger partial charge on any atom is -0.364 e. The Morgan fingerprint density at radius 3 is 3.00 bits per heavy atom. The Kier molecular flexibility index (Phi) is 1.04. The fraction of sp³-hybridized carbons (Fsp3) is 0.231. The Morgan fingerprint density at radius 1 is 1.07 bits per heavy atom. The maximum atomic E-state index is 2.53. The Bertz CT molecular complexity index is 530. The lowest BCUT2D eigenvalue weighted by molar-refractivity contribution is 1.02. The summed E-state index contributed by atoms with van der Waals surface area (Å²) < 4.78 is 0. The van der Waals surface area contributed by atoms with E-state index in [0.29, 0.717) is 0 Å². The standard InChI is InChI=1S/C13H11N/c1-2-4-12-9(3-1)5-6-10-7-11-8-14(11)13(10)12/h1-6,11H,7-8H2. The molecule has 4 rings (SSSR count). The van der Waals surface area contributed by atoms with Gasteiger partial charge in [0, 0.05) is 17.6 Å². The van der Waals surface area contributed by atoms with Gasteiger partial charge in [0.25, 0.3) is 0 Å². The molecule has 0 N–H and O–H groups in total. The highest BCUT2D eigenvalue weighted by Gasteiger charge is 2.42. The summed E-state index contributed by atoms with van der Waals surface area (Å²) in [6, 6.07) is 14.1. The summed E-state index contributed by atoms with van der Waals surface area (Å²) in [7, 11) is 0. The molecule has 2 aromatic carbocycles. The Balaban J connectivity index is 2.15. The van der Waals surface area contributed by atoms with Crippen molar-refractivity contribution in [1.82, 2.24) is 0 Å². The van der Waals surface area contributed by atoms with Gasteiger partial charge in [0.05, 0.1) is 6.04 Å². The zero-order chi connectivity index (χ0) is 9.12. The van der Waals surface area contributed by atoms with Gasteiger partial charge >= 0.3 is 0 Å². The highest BCUT2D eigenvalue weighted by atomic mass is 15.3. The van der Waals surface area contributed by atoms with Gasteiger partial charge in [-0.25, -0.2) is 0 Å². The summed E-state index contributed by atoms with van der Waals surface area (Å²) in [6.45, 7) is 1.28. The molecular formula is C13H11N. The summed E-state index contributed by atoms with van der Waals surface area (Å²) in [4.78, 5) is 2.53. The largest absolute Gasteiger partial charge is 0.364 e. The molecule has 1 atom stereocenters. The zero-order valence-electron chi connectivity index (χ0n) is 7.90. The summed E-state index contributed by atoms with van der Waals surface area (Å²) >= 11 is 0. The van der Waals surface area contributed by atoms with E-state index in [4.69, 9.17) is 0 Å². The monoisotopic (exact) mass is 181 g/mol. The van der Waals surface area contributed by atoms with Gasteiger partial charge in [-0.05, 0) is 17.4 Å². The van der Waals surface area contributed by atoms with Crippen molar-refractivity contribution in [3.05, 3.63) is 42.0 Å². The van der Waals surface area contributed by atoms with Crippen LogP contribution in [0.4, 0.5) is 5.69 Å². The van der Waals surface area contributed by atoms with E-state index in [0.717, 1.165) is 6.04 Å². The second-order valence-electron chi connectivity index (χ2n) is 4.30. The minimum atomic E-state index is 0.829. The van der Waals surface area contributed by atoms with E-state index < -0.39 is 0 Å². The van der Waals surface area contributed by atoms with Gasteiger partial charge in [-0.3, -0.25) is 0 Å². The number of benzene rings is 2. The summed E-state index contributed by atoms with van der Waals surface area (Å²) in [6.07, 6.45) is 1.26. The van der Waals surface area contributed by atoms with Crippen molar-refractivity contribution in [2.45, 2.75) is 12.5 Å². The number of hydrogen-bond donors (Lipinski definition) is 0. The summed E-state index contributed by atoms with van der Waals surface area (Å²) in [5.41, 5.74) is 3.05. The van der Waals surface area contributed by atoms with Gasteiger partial charge < -0.3 is 4.90 Å². The molecule has 1 heteroatoms. The lowest BCUT2D eigenvalue weighted by Crippen LogP contribution is -1.91. The molecule has 0 aliphatic carbocycles. The predicted octanol–water partition coefficient (Wildman–Crippen LogP) is 2.58. The van der Waals surface area contributed by atoms with Crippen LogP contribution in [0, 0.1) is 0 Å². The normalized spacial score (nSPS) is 22.3. The molecule has 14 heavy (non-hydrogen) atoms. The molecule has 1 nitrogen and oxygen atoms in total. The van der Waals surface area contributed by atoms with Crippen molar-refractivity contribution in [2.75, 3.05) is 11.4 Å². The maximum Gasteiger partial charge on any atom is 0.0507 e. The van der Waals surface area contributed by atoms with Crippen molar-refractivity contribution in [2.24, 2.45) is 0 Å². The molecule has 1 fully saturated rings. The Morgan fingerprint density at radius 2 is 2.00 bits per heavy atom. The first-order valence-electron chi connectivity index (χ1n) is 5.21. The SMILES string of the molecule is c1ccc2c3c(ccc2c1)CC1CN31. The first-order valence-corrected chi connectivity index (χ1v) is 5.21. The molecule has 0 radical (unpaired) electrons. The predicted molar refractivity (Wildman–Crippen MR) is 58.8 cm³/mol. The van der Waals surface area contributed by atoms with Gasteiger partial charge in [0.2, 0.25) is 0 Å². The van der Waals surface area contributed by atoms with Crippen LogP contribution in [0.15, 0.2) is 36.4 Å². The van der Waals surface area contributed by atoms with Crippen LogP contribution in [0.2, 0.25) is 0 Å². The molecule has 1 unspecified atom stereocenters. The van der Waals surface area contributed by atoms with Crippen molar-refractivity contribution in [1.29, 1.82) is 0 Å². The molecule has 68 valence electrons. The summed E-state index contributed by atoms with van der Waals surface area (Å²) in [5, 5.41) is 2.81. The highest BCUT2D eigenvalue weighted by molar-refractivity contribution is 5.98. The van der Waals surface area contributed by atoms with Crippen molar-refractivity contribution >= 4 is 16.5 Å². The third-order valence-corrected chi connectivity index (χ3v) is 3.44. The Hall–Kier alpha value is -1.50. The van der Waals surface area contributed by atoms with E-state index in [2.05, 4.69) is 41.3 Å². The second kappa shape index (κ2) is 2.11. The fourth-order valence-corrected chi connectivity index (χ4v) is 2.69. The van der Waals surface area contributed by atoms with E-state index >= 15 is 0 Å². The van der Waals surface area contributed by atoms with Crippen LogP contribution in [-0.2, 0) is 6.42 Å². The molecule has 2 aliphatic rings. The topological polar surface area (TPSA) is 3.01 Å². The fourth-order valence-electron chi connectivity index (χ4n) is 2.69. The molecular weight excluding hydrogens is 170 g/mol. The Labute approximate surface area is 83.0 Å². The third-order valence-electron chi connectivity index (χ3n) is 3.44. The number of nitrogens with zero attached hydrogens (tertiary/aromatic N) is 1. The van der Waals surface area contributed by atoms with Gasteiger partial charge in [-0.1, -0.05) is 36.4 Å². The van der Waals surface area contributed by atoms with Crippen LogP contribution in [-0.4, -0.2) is 12.6 Å². The molecule has 1 saturated heterocycles. The number of fused-ring (bicyclic) bond motifs is 5. The molecule has 0 amide bonds. The molecule has 2 aliphatic heterocycles. The number of anilines is 1. The third kappa shape index (κ3) is 0.711. The van der Waals surface area contributed by atoms with Gasteiger partial charge in [-0.2, -0.15) is 0 Å². The van der Waals surface area contributed by atoms with Crippen LogP contribution in [0.3, 0.4) is 0 Å². The lowest BCUT2D eigenvalue weighted by Gasteiger charge is -2.08. The van der Waals surface area contributed by atoms with E-state index in [1.165, 1.54) is 29.4 Å². The minimum absolute atomic E-state index is 0.829. The smallest absolute Gasteiger partial charge is 0.0507 e. The van der Waals surface area contributed by atoms with Gasteiger partial charge in [0.1, 0.15) is 0 Å². The van der Waals surface area contributed by atoms with Crippen LogP contribution >= 0.6 is 0 Å². The quantitative estimate of drug-likeness (QED) is 0.564. The van der Waals surface area contributed by atoms with Crippen molar-refractivity contribution in [3.63, 3.8) is 0 Å². The van der Waals surface area contributed by atoms with E-state index in [1.54, 1.807) is 5.56 Å². The van der Waals surface area contributed by atoms with Gasteiger partial charge in [-0.15, -0.1) is 0 Å². The van der Waals surface area contributed by atoms with E-state index in [-0.39, 0.29) is 0 Å². The number of rotatable bonds is 0. The molecule has 0 saturated carbocycles. The second-order valence-corrected chi connectivity index (χ2v) is 4.30. The summed E-state index contributed by atoms with van der Waals surface area (Å²) in [5.74, 6) is 0. The number of hydrogen-bond acceptors (Lipinski definition) is 1. The molecule has 2 heterocycles. The van der Waals surface area contributed by atoms with Crippen molar-refractivity contribution < 1.29 is 0 Å². The average Bonchev–Trinajstić information content (AvgIpc) is 2.90. The van der Waals surface area contributed by atoms with E-state index in [1.807, 2.05) is 0 Å². The molecule has 0 bridgehead atoms. The van der Waals surface area contributed by atoms with Crippen LogP contribution in [0.1, 0.15) is 5.56 Å². The zero-order valence-corrected chi connectivity index (χ0v) is 7.90.